The fourth-order valence-electron chi connectivity index (χ4n) is 4.00. The first-order valence-corrected chi connectivity index (χ1v) is 13.0. The molecule has 0 aromatic carbocycles. The number of rotatable bonds is 20. The fraction of sp³-hybridized carbons (Fsp3) is 0.885. The molecule has 32 heavy (non-hydrogen) atoms. The van der Waals surface area contributed by atoms with Gasteiger partial charge in [-0.05, 0) is 32.1 Å². The average Bonchev–Trinajstić information content (AvgIpc) is 3.12. The molecule has 1 aliphatic rings. The zero-order valence-electron chi connectivity index (χ0n) is 20.3. The van der Waals surface area contributed by atoms with E-state index in [0.29, 0.717) is 6.42 Å². The molecule has 0 saturated carbocycles. The topological polar surface area (TPSA) is 96.2 Å². The van der Waals surface area contributed by atoms with Crippen LogP contribution in [0.25, 0.3) is 0 Å². The Hall–Kier alpha value is -0.950. The van der Waals surface area contributed by atoms with Crippen LogP contribution in [0.2, 0.25) is 0 Å². The normalized spacial score (nSPS) is 21.9. The maximum atomic E-state index is 11.8. The van der Waals surface area contributed by atoms with Crippen molar-refractivity contribution in [3.05, 3.63) is 12.2 Å². The molecule has 1 aliphatic heterocycles. The Morgan fingerprint density at radius 3 is 1.97 bits per heavy atom. The molecule has 1 heterocycles. The van der Waals surface area contributed by atoms with Gasteiger partial charge in [-0.25, -0.2) is 0 Å². The van der Waals surface area contributed by atoms with Crippen LogP contribution >= 0.6 is 0 Å². The summed E-state index contributed by atoms with van der Waals surface area (Å²) < 4.78 is 10.2. The molecular weight excluding hydrogens is 408 g/mol. The quantitative estimate of drug-likeness (QED) is 0.138. The van der Waals surface area contributed by atoms with E-state index in [-0.39, 0.29) is 19.2 Å². The highest BCUT2D eigenvalue weighted by atomic mass is 16.6. The monoisotopic (exact) mass is 456 g/mol. The third-order valence-corrected chi connectivity index (χ3v) is 6.13. The molecule has 0 amide bonds. The van der Waals surface area contributed by atoms with Crippen LogP contribution in [-0.2, 0) is 14.3 Å². The Kier molecular flexibility index (Phi) is 17.7. The molecule has 0 spiro atoms. The molecule has 4 atom stereocenters. The van der Waals surface area contributed by atoms with Crippen molar-refractivity contribution in [2.24, 2.45) is 0 Å². The number of hydrogen-bond donors (Lipinski definition) is 3. The van der Waals surface area contributed by atoms with Crippen molar-refractivity contribution >= 4 is 5.97 Å². The number of hydrogen-bond acceptors (Lipinski definition) is 6. The molecule has 1 unspecified atom stereocenters. The van der Waals surface area contributed by atoms with E-state index in [1.165, 1.54) is 70.6 Å². The van der Waals surface area contributed by atoms with Crippen LogP contribution in [0.5, 0.6) is 0 Å². The molecule has 6 heteroatoms. The third-order valence-electron chi connectivity index (χ3n) is 6.13. The van der Waals surface area contributed by atoms with Gasteiger partial charge in [0.2, 0.25) is 0 Å². The van der Waals surface area contributed by atoms with Gasteiger partial charge < -0.3 is 24.8 Å². The van der Waals surface area contributed by atoms with Gasteiger partial charge in [0.1, 0.15) is 31.0 Å². The lowest BCUT2D eigenvalue weighted by atomic mass is 10.1. The Labute approximate surface area is 195 Å². The zero-order valence-corrected chi connectivity index (χ0v) is 20.3. The van der Waals surface area contributed by atoms with Gasteiger partial charge in [-0.2, -0.15) is 0 Å². The number of esters is 1. The maximum Gasteiger partial charge on any atom is 0.305 e. The second-order valence-electron chi connectivity index (χ2n) is 9.15. The largest absolute Gasteiger partial charge is 0.463 e. The predicted molar refractivity (Wildman–Crippen MR) is 127 cm³/mol. The highest BCUT2D eigenvalue weighted by Gasteiger charge is 2.39. The summed E-state index contributed by atoms with van der Waals surface area (Å²) >= 11 is 0. The molecule has 188 valence electrons. The van der Waals surface area contributed by atoms with E-state index in [4.69, 9.17) is 9.47 Å². The van der Waals surface area contributed by atoms with E-state index in [2.05, 4.69) is 19.1 Å². The van der Waals surface area contributed by atoms with Crippen molar-refractivity contribution in [2.75, 3.05) is 13.2 Å². The maximum absolute atomic E-state index is 11.8. The van der Waals surface area contributed by atoms with Crippen molar-refractivity contribution in [1.82, 2.24) is 0 Å². The second-order valence-corrected chi connectivity index (χ2v) is 9.15. The number of aliphatic hydroxyl groups excluding tert-OH is 3. The molecule has 0 aromatic heterocycles. The first kappa shape index (κ1) is 29.1. The first-order valence-electron chi connectivity index (χ1n) is 13.0. The molecule has 0 aliphatic carbocycles. The van der Waals surface area contributed by atoms with Gasteiger partial charge in [0.05, 0.1) is 6.61 Å². The van der Waals surface area contributed by atoms with E-state index >= 15 is 0 Å². The van der Waals surface area contributed by atoms with Gasteiger partial charge in [0, 0.05) is 6.42 Å². The van der Waals surface area contributed by atoms with Crippen molar-refractivity contribution in [1.29, 1.82) is 0 Å². The highest BCUT2D eigenvalue weighted by Crippen LogP contribution is 2.18. The van der Waals surface area contributed by atoms with E-state index < -0.39 is 24.4 Å². The summed E-state index contributed by atoms with van der Waals surface area (Å²) in [6, 6.07) is 0. The minimum atomic E-state index is -1.15. The molecule has 1 rings (SSSR count). The lowest BCUT2D eigenvalue weighted by molar-refractivity contribution is -0.151. The van der Waals surface area contributed by atoms with Crippen LogP contribution in [0.4, 0.5) is 0 Å². The molecule has 6 nitrogen and oxygen atoms in total. The van der Waals surface area contributed by atoms with Crippen molar-refractivity contribution in [3.63, 3.8) is 0 Å². The number of unbranched alkanes of at least 4 members (excludes halogenated alkanes) is 13. The van der Waals surface area contributed by atoms with E-state index in [1.54, 1.807) is 0 Å². The standard InChI is InChI=1S/C26H48O6/c1-2-3-4-5-6-7-8-9-10-11-12-13-14-15-16-17-18-19-24(29)31-21-23(28)26-25(30)22(27)20-32-26/h11-12,22-23,25-28,30H,2-10,13-21H2,1H3/b12-11+/t22-,23+,25+,26?/m0/s1. The van der Waals surface area contributed by atoms with Crippen LogP contribution in [0, 0.1) is 0 Å². The summed E-state index contributed by atoms with van der Waals surface area (Å²) in [6.07, 6.45) is 19.4. The Bertz CT molecular complexity index is 481. The lowest BCUT2D eigenvalue weighted by Crippen LogP contribution is -2.41. The van der Waals surface area contributed by atoms with E-state index in [1.807, 2.05) is 0 Å². The van der Waals surface area contributed by atoms with Crippen LogP contribution in [-0.4, -0.2) is 58.9 Å². The smallest absolute Gasteiger partial charge is 0.305 e. The molecule has 0 radical (unpaired) electrons. The average molecular weight is 457 g/mol. The Morgan fingerprint density at radius 2 is 1.44 bits per heavy atom. The summed E-state index contributed by atoms with van der Waals surface area (Å²) in [5, 5.41) is 29.0. The van der Waals surface area contributed by atoms with Crippen molar-refractivity contribution < 1.29 is 29.6 Å². The number of allylic oxidation sites excluding steroid dienone is 2. The molecule has 0 bridgehead atoms. The SMILES string of the molecule is CCCCCCCCCC/C=C/CCCCCCCC(=O)OC[C@@H](O)C1OC[C@H](O)[C@H]1O. The van der Waals surface area contributed by atoms with Gasteiger partial charge >= 0.3 is 5.97 Å². The predicted octanol–water partition coefficient (Wildman–Crippen LogP) is 4.83. The summed E-state index contributed by atoms with van der Waals surface area (Å²) in [5.74, 6) is -0.346. The molecular formula is C26H48O6. The van der Waals surface area contributed by atoms with Gasteiger partial charge in [-0.1, -0.05) is 83.3 Å². The molecule has 3 N–H and O–H groups in total. The zero-order chi connectivity index (χ0) is 23.4. The number of aliphatic hydroxyl groups is 3. The minimum absolute atomic E-state index is 0.0219. The van der Waals surface area contributed by atoms with Gasteiger partial charge in [0.15, 0.2) is 0 Å². The minimum Gasteiger partial charge on any atom is -0.463 e. The Morgan fingerprint density at radius 1 is 0.906 bits per heavy atom. The summed E-state index contributed by atoms with van der Waals surface area (Å²) in [5.41, 5.74) is 0. The summed E-state index contributed by atoms with van der Waals surface area (Å²) in [7, 11) is 0. The summed E-state index contributed by atoms with van der Waals surface area (Å²) in [4.78, 5) is 11.8. The van der Waals surface area contributed by atoms with Crippen LogP contribution < -0.4 is 0 Å². The van der Waals surface area contributed by atoms with Crippen LogP contribution in [0.15, 0.2) is 12.2 Å². The third kappa shape index (κ3) is 14.2. The molecule has 1 saturated heterocycles. The highest BCUT2D eigenvalue weighted by molar-refractivity contribution is 5.69. The lowest BCUT2D eigenvalue weighted by Gasteiger charge is -2.20. The molecule has 0 aromatic rings. The van der Waals surface area contributed by atoms with Gasteiger partial charge in [0.25, 0.3) is 0 Å². The Balaban J connectivity index is 1.84. The number of carbonyl (C=O) groups is 1. The number of ether oxygens (including phenoxy) is 2. The van der Waals surface area contributed by atoms with Crippen LogP contribution in [0.1, 0.15) is 110 Å². The summed E-state index contributed by atoms with van der Waals surface area (Å²) in [6.45, 7) is 2.02. The first-order chi connectivity index (χ1) is 15.6. The van der Waals surface area contributed by atoms with Gasteiger partial charge in [-0.15, -0.1) is 0 Å². The van der Waals surface area contributed by atoms with Crippen molar-refractivity contribution in [3.8, 4) is 0 Å². The second kappa shape index (κ2) is 19.5. The van der Waals surface area contributed by atoms with Crippen molar-refractivity contribution in [2.45, 2.75) is 134 Å². The number of carbonyl (C=O) groups excluding carboxylic acids is 1. The molecule has 1 fully saturated rings. The van der Waals surface area contributed by atoms with Crippen LogP contribution in [0.3, 0.4) is 0 Å². The van der Waals surface area contributed by atoms with E-state index in [9.17, 15) is 20.1 Å². The van der Waals surface area contributed by atoms with Gasteiger partial charge in [-0.3, -0.25) is 4.79 Å². The van der Waals surface area contributed by atoms with E-state index in [0.717, 1.165) is 25.7 Å². The fourth-order valence-corrected chi connectivity index (χ4v) is 4.00.